The number of fused-ring (bicyclic) bond motifs is 1. The molecule has 1 amide bonds. The molecule has 0 radical (unpaired) electrons. The van der Waals surface area contributed by atoms with E-state index >= 15 is 0 Å². The number of halogens is 1. The Hall–Kier alpha value is -0.770. The lowest BCUT2D eigenvalue weighted by molar-refractivity contribution is -0.121. The maximum atomic E-state index is 12.0. The van der Waals surface area contributed by atoms with Crippen molar-refractivity contribution in [2.75, 3.05) is 5.88 Å². The lowest BCUT2D eigenvalue weighted by Crippen LogP contribution is -2.46. The maximum Gasteiger partial charge on any atom is 0.411 e. The van der Waals surface area contributed by atoms with Crippen LogP contribution in [0.25, 0.3) is 0 Å². The number of piperidine rings is 1. The van der Waals surface area contributed by atoms with Gasteiger partial charge in [0.15, 0.2) is 5.78 Å². The highest BCUT2D eigenvalue weighted by atomic mass is 35.5. The molecular formula is C12H18ClNO3. The number of likely N-dealkylation sites (tertiary alicyclic amines) is 1. The molecule has 1 heterocycles. The van der Waals surface area contributed by atoms with Crippen molar-refractivity contribution in [1.82, 2.24) is 4.90 Å². The summed E-state index contributed by atoms with van der Waals surface area (Å²) in [6.07, 6.45) is 1.35. The normalized spacial score (nSPS) is 31.1. The summed E-state index contributed by atoms with van der Waals surface area (Å²) in [4.78, 5) is 25.3. The van der Waals surface area contributed by atoms with Crippen LogP contribution < -0.4 is 0 Å². The first-order valence-corrected chi connectivity index (χ1v) is 6.47. The molecule has 1 aliphatic carbocycles. The van der Waals surface area contributed by atoms with E-state index < -0.39 is 5.60 Å². The van der Waals surface area contributed by atoms with Gasteiger partial charge < -0.3 is 4.74 Å². The molecule has 0 aromatic heterocycles. The number of hydrogen-bond acceptors (Lipinski definition) is 3. The van der Waals surface area contributed by atoms with Crippen molar-refractivity contribution in [3.8, 4) is 0 Å². The molecule has 96 valence electrons. The molecule has 1 aliphatic heterocycles. The lowest BCUT2D eigenvalue weighted by Gasteiger charge is -2.29. The van der Waals surface area contributed by atoms with Crippen molar-refractivity contribution in [3.05, 3.63) is 0 Å². The van der Waals surface area contributed by atoms with Crippen LogP contribution in [-0.4, -0.2) is 40.3 Å². The highest BCUT2D eigenvalue weighted by molar-refractivity contribution is 6.28. The number of hydrogen-bond donors (Lipinski definition) is 0. The molecule has 2 aliphatic rings. The second-order valence-corrected chi connectivity index (χ2v) is 6.07. The summed E-state index contributed by atoms with van der Waals surface area (Å²) >= 11 is 5.57. The standard InChI is InChI=1S/C12H18ClNO3/c1-12(2,3)17-11(16)14-8-4-7(8)5-9(14)10(15)6-13/h7-9H,4-6H2,1-3H3/t7?,8?,9-/m1/s1. The minimum atomic E-state index is -0.529. The largest absolute Gasteiger partial charge is 0.444 e. The number of ether oxygens (including phenoxy) is 1. The van der Waals surface area contributed by atoms with Gasteiger partial charge in [0.05, 0.1) is 11.9 Å². The summed E-state index contributed by atoms with van der Waals surface area (Å²) in [7, 11) is 0. The van der Waals surface area contributed by atoms with Crippen LogP contribution in [0.3, 0.4) is 0 Å². The van der Waals surface area contributed by atoms with Crippen molar-refractivity contribution < 1.29 is 14.3 Å². The third-order valence-corrected chi connectivity index (χ3v) is 3.48. The van der Waals surface area contributed by atoms with E-state index in [0.717, 1.165) is 12.8 Å². The number of rotatable bonds is 2. The molecule has 5 heteroatoms. The predicted octanol–water partition coefficient (Wildman–Crippen LogP) is 2.19. The zero-order chi connectivity index (χ0) is 12.8. The van der Waals surface area contributed by atoms with Crippen molar-refractivity contribution in [2.45, 2.75) is 51.3 Å². The Bertz CT molecular complexity index is 350. The summed E-state index contributed by atoms with van der Waals surface area (Å²) in [6, 6.07) is -0.173. The van der Waals surface area contributed by atoms with E-state index in [9.17, 15) is 9.59 Å². The van der Waals surface area contributed by atoms with Crippen LogP contribution in [0.4, 0.5) is 4.79 Å². The van der Waals surface area contributed by atoms with Gasteiger partial charge >= 0.3 is 6.09 Å². The van der Waals surface area contributed by atoms with Crippen molar-refractivity contribution in [1.29, 1.82) is 0 Å². The molecule has 3 atom stereocenters. The molecule has 4 nitrogen and oxygen atoms in total. The fourth-order valence-corrected chi connectivity index (χ4v) is 2.59. The van der Waals surface area contributed by atoms with E-state index in [-0.39, 0.29) is 29.8 Å². The van der Waals surface area contributed by atoms with E-state index in [1.807, 2.05) is 20.8 Å². The van der Waals surface area contributed by atoms with Crippen LogP contribution in [0.5, 0.6) is 0 Å². The van der Waals surface area contributed by atoms with Gasteiger partial charge in [0, 0.05) is 6.04 Å². The number of ketones is 1. The monoisotopic (exact) mass is 259 g/mol. The molecular weight excluding hydrogens is 242 g/mol. The molecule has 0 N–H and O–H groups in total. The summed E-state index contributed by atoms with van der Waals surface area (Å²) in [5, 5.41) is 0. The lowest BCUT2D eigenvalue weighted by atomic mass is 10.1. The van der Waals surface area contributed by atoms with Crippen LogP contribution in [0.1, 0.15) is 33.6 Å². The molecule has 1 saturated carbocycles. The quantitative estimate of drug-likeness (QED) is 0.714. The Morgan fingerprint density at radius 3 is 2.53 bits per heavy atom. The fraction of sp³-hybridized carbons (Fsp3) is 0.833. The van der Waals surface area contributed by atoms with E-state index in [1.54, 1.807) is 4.90 Å². The highest BCUT2D eigenvalue weighted by Gasteiger charge is 2.56. The van der Waals surface area contributed by atoms with E-state index in [0.29, 0.717) is 5.92 Å². The van der Waals surface area contributed by atoms with Crippen LogP contribution in [0.15, 0.2) is 0 Å². The third kappa shape index (κ3) is 2.57. The summed E-state index contributed by atoms with van der Waals surface area (Å²) in [5.41, 5.74) is -0.529. The SMILES string of the molecule is CC(C)(C)OC(=O)N1C2CC2C[C@@H]1C(=O)CCl. The van der Waals surface area contributed by atoms with Gasteiger partial charge in [0.25, 0.3) is 0 Å². The fourth-order valence-electron chi connectivity index (χ4n) is 2.41. The van der Waals surface area contributed by atoms with Gasteiger partial charge in [-0.3, -0.25) is 9.69 Å². The van der Waals surface area contributed by atoms with Crippen LogP contribution in [0, 0.1) is 5.92 Å². The number of amides is 1. The van der Waals surface area contributed by atoms with Gasteiger partial charge in [0.1, 0.15) is 5.60 Å². The molecule has 0 aromatic carbocycles. The van der Waals surface area contributed by atoms with E-state index in [2.05, 4.69) is 0 Å². The van der Waals surface area contributed by atoms with Gasteiger partial charge in [-0.2, -0.15) is 0 Å². The van der Waals surface area contributed by atoms with Gasteiger partial charge in [-0.05, 0) is 39.5 Å². The average molecular weight is 260 g/mol. The second kappa shape index (κ2) is 4.16. The highest BCUT2D eigenvalue weighted by Crippen LogP contribution is 2.48. The van der Waals surface area contributed by atoms with E-state index in [1.165, 1.54) is 0 Å². The number of nitrogens with zero attached hydrogens (tertiary/aromatic N) is 1. The van der Waals surface area contributed by atoms with Gasteiger partial charge in [0.2, 0.25) is 0 Å². The molecule has 0 spiro atoms. The molecule has 0 bridgehead atoms. The van der Waals surface area contributed by atoms with E-state index in [4.69, 9.17) is 16.3 Å². The van der Waals surface area contributed by atoms with Gasteiger partial charge in [-0.1, -0.05) is 0 Å². The minimum Gasteiger partial charge on any atom is -0.444 e. The molecule has 1 saturated heterocycles. The Labute approximate surface area is 106 Å². The maximum absolute atomic E-state index is 12.0. The molecule has 17 heavy (non-hydrogen) atoms. The topological polar surface area (TPSA) is 46.6 Å². The average Bonchev–Trinajstić information content (AvgIpc) is 2.85. The number of carbonyl (C=O) groups is 2. The number of Topliss-reactive ketones (excluding diaryl/α,β-unsaturated/α-hetero) is 1. The first-order chi connectivity index (χ1) is 7.83. The number of carbonyl (C=O) groups excluding carboxylic acids is 2. The molecule has 0 aromatic rings. The number of alkyl halides is 1. The zero-order valence-corrected chi connectivity index (χ0v) is 11.2. The minimum absolute atomic E-state index is 0.0383. The zero-order valence-electron chi connectivity index (χ0n) is 10.4. The third-order valence-electron chi connectivity index (χ3n) is 3.21. The molecule has 2 unspecified atom stereocenters. The smallest absolute Gasteiger partial charge is 0.411 e. The Balaban J connectivity index is 2.07. The van der Waals surface area contributed by atoms with Crippen molar-refractivity contribution >= 4 is 23.5 Å². The first kappa shape index (κ1) is 12.7. The summed E-state index contributed by atoms with van der Waals surface area (Å²) in [5.74, 6) is 0.355. The predicted molar refractivity (Wildman–Crippen MR) is 64.1 cm³/mol. The molecule has 2 rings (SSSR count). The Morgan fingerprint density at radius 1 is 1.35 bits per heavy atom. The van der Waals surface area contributed by atoms with Crippen molar-refractivity contribution in [2.24, 2.45) is 5.92 Å². The van der Waals surface area contributed by atoms with Crippen molar-refractivity contribution in [3.63, 3.8) is 0 Å². The van der Waals surface area contributed by atoms with Crippen LogP contribution in [0.2, 0.25) is 0 Å². The van der Waals surface area contributed by atoms with Gasteiger partial charge in [-0.25, -0.2) is 4.79 Å². The first-order valence-electron chi connectivity index (χ1n) is 5.93. The summed E-state index contributed by atoms with van der Waals surface area (Å²) in [6.45, 7) is 5.47. The van der Waals surface area contributed by atoms with Crippen LogP contribution in [-0.2, 0) is 9.53 Å². The van der Waals surface area contributed by atoms with Crippen LogP contribution >= 0.6 is 11.6 Å². The second-order valence-electron chi connectivity index (χ2n) is 5.80. The van der Waals surface area contributed by atoms with Gasteiger partial charge in [-0.15, -0.1) is 11.6 Å². The molecule has 2 fully saturated rings. The Morgan fingerprint density at radius 2 is 2.00 bits per heavy atom. The summed E-state index contributed by atoms with van der Waals surface area (Å²) < 4.78 is 5.34. The Kier molecular flexibility index (Phi) is 3.10.